The third kappa shape index (κ3) is 2.56. The fourth-order valence-electron chi connectivity index (χ4n) is 2.01. The van der Waals surface area contributed by atoms with E-state index < -0.39 is 5.82 Å². The molecule has 2 nitrogen and oxygen atoms in total. The molecule has 0 spiro atoms. The van der Waals surface area contributed by atoms with E-state index >= 15 is 0 Å². The molecule has 4 heteroatoms. The van der Waals surface area contributed by atoms with Gasteiger partial charge in [0.15, 0.2) is 0 Å². The SMILES string of the molecule is CNc1cc(CC(C)C)nc2cc(F)c(Cl)cc12. The van der Waals surface area contributed by atoms with Gasteiger partial charge in [0.1, 0.15) is 5.82 Å². The Balaban J connectivity index is 2.63. The molecule has 0 atom stereocenters. The van der Waals surface area contributed by atoms with Crippen LogP contribution in [0.2, 0.25) is 5.02 Å². The molecule has 2 aromatic rings. The number of aromatic nitrogens is 1. The summed E-state index contributed by atoms with van der Waals surface area (Å²) in [5, 5.41) is 4.08. The third-order valence-electron chi connectivity index (χ3n) is 2.79. The van der Waals surface area contributed by atoms with Gasteiger partial charge in [0.05, 0.1) is 10.5 Å². The fraction of sp³-hybridized carbons (Fsp3) is 0.357. The van der Waals surface area contributed by atoms with Crippen molar-refractivity contribution >= 4 is 28.2 Å². The highest BCUT2D eigenvalue weighted by Gasteiger charge is 2.10. The zero-order chi connectivity index (χ0) is 13.3. The summed E-state index contributed by atoms with van der Waals surface area (Å²) in [5.74, 6) is 0.0808. The van der Waals surface area contributed by atoms with Gasteiger partial charge in [-0.1, -0.05) is 25.4 Å². The summed E-state index contributed by atoms with van der Waals surface area (Å²) in [5.41, 5.74) is 2.53. The van der Waals surface area contributed by atoms with E-state index in [1.54, 1.807) is 6.07 Å². The first-order valence-electron chi connectivity index (χ1n) is 5.97. The van der Waals surface area contributed by atoms with E-state index in [4.69, 9.17) is 11.6 Å². The Morgan fingerprint density at radius 1 is 1.33 bits per heavy atom. The highest BCUT2D eigenvalue weighted by Crippen LogP contribution is 2.28. The van der Waals surface area contributed by atoms with Crippen LogP contribution in [0.15, 0.2) is 18.2 Å². The van der Waals surface area contributed by atoms with Crippen LogP contribution in [0.5, 0.6) is 0 Å². The Bertz CT molecular complexity index is 582. The standard InChI is InChI=1S/C14H16ClFN2/c1-8(2)4-9-5-13(17-3)10-6-11(15)12(16)7-14(10)18-9/h5-8H,4H2,1-3H3,(H,17,18). The summed E-state index contributed by atoms with van der Waals surface area (Å²) in [6.07, 6.45) is 0.870. The number of benzene rings is 1. The van der Waals surface area contributed by atoms with Crippen molar-refractivity contribution in [1.29, 1.82) is 0 Å². The van der Waals surface area contributed by atoms with Crippen LogP contribution in [-0.4, -0.2) is 12.0 Å². The topological polar surface area (TPSA) is 24.9 Å². The highest BCUT2D eigenvalue weighted by molar-refractivity contribution is 6.31. The summed E-state index contributed by atoms with van der Waals surface area (Å²) < 4.78 is 13.5. The molecule has 1 aromatic carbocycles. The Morgan fingerprint density at radius 3 is 2.67 bits per heavy atom. The van der Waals surface area contributed by atoms with E-state index in [-0.39, 0.29) is 5.02 Å². The molecule has 0 aliphatic heterocycles. The van der Waals surface area contributed by atoms with Crippen LogP contribution in [0.3, 0.4) is 0 Å². The number of nitrogens with zero attached hydrogens (tertiary/aromatic N) is 1. The van der Waals surface area contributed by atoms with Crippen molar-refractivity contribution in [2.75, 3.05) is 12.4 Å². The van der Waals surface area contributed by atoms with E-state index in [2.05, 4.69) is 24.1 Å². The van der Waals surface area contributed by atoms with Crippen molar-refractivity contribution in [3.8, 4) is 0 Å². The second-order valence-corrected chi connectivity index (χ2v) is 5.20. The van der Waals surface area contributed by atoms with Gasteiger partial charge in [0.25, 0.3) is 0 Å². The Kier molecular flexibility index (Phi) is 3.71. The van der Waals surface area contributed by atoms with Crippen LogP contribution in [-0.2, 0) is 6.42 Å². The molecule has 0 saturated heterocycles. The van der Waals surface area contributed by atoms with Crippen molar-refractivity contribution in [3.05, 3.63) is 34.7 Å². The number of rotatable bonds is 3. The van der Waals surface area contributed by atoms with Gasteiger partial charge in [-0.3, -0.25) is 4.98 Å². The smallest absolute Gasteiger partial charge is 0.143 e. The zero-order valence-electron chi connectivity index (χ0n) is 10.7. The first-order chi connectivity index (χ1) is 8.51. The molecule has 0 amide bonds. The monoisotopic (exact) mass is 266 g/mol. The van der Waals surface area contributed by atoms with E-state index in [1.165, 1.54) is 6.07 Å². The van der Waals surface area contributed by atoms with Crippen molar-refractivity contribution in [2.24, 2.45) is 5.92 Å². The lowest BCUT2D eigenvalue weighted by Gasteiger charge is -2.11. The highest BCUT2D eigenvalue weighted by atomic mass is 35.5. The molecule has 18 heavy (non-hydrogen) atoms. The van der Waals surface area contributed by atoms with E-state index in [9.17, 15) is 4.39 Å². The summed E-state index contributed by atoms with van der Waals surface area (Å²) in [7, 11) is 1.84. The fourth-order valence-corrected chi connectivity index (χ4v) is 2.17. The minimum absolute atomic E-state index is 0.123. The molecule has 0 fully saturated rings. The van der Waals surface area contributed by atoms with Crippen LogP contribution in [0, 0.1) is 11.7 Å². The minimum Gasteiger partial charge on any atom is -0.388 e. The molecule has 0 saturated carbocycles. The van der Waals surface area contributed by atoms with Crippen molar-refractivity contribution in [3.63, 3.8) is 0 Å². The maximum Gasteiger partial charge on any atom is 0.143 e. The van der Waals surface area contributed by atoms with Gasteiger partial charge < -0.3 is 5.32 Å². The Morgan fingerprint density at radius 2 is 2.06 bits per heavy atom. The number of halogens is 2. The van der Waals surface area contributed by atoms with E-state index in [0.717, 1.165) is 23.2 Å². The normalized spacial score (nSPS) is 11.2. The molecule has 2 rings (SSSR count). The van der Waals surface area contributed by atoms with Crippen molar-refractivity contribution < 1.29 is 4.39 Å². The predicted molar refractivity (Wildman–Crippen MR) is 74.8 cm³/mol. The van der Waals surface area contributed by atoms with Crippen molar-refractivity contribution in [2.45, 2.75) is 20.3 Å². The first-order valence-corrected chi connectivity index (χ1v) is 6.35. The van der Waals surface area contributed by atoms with Gasteiger partial charge in [-0.25, -0.2) is 4.39 Å². The maximum absolute atomic E-state index is 13.5. The van der Waals surface area contributed by atoms with Gasteiger partial charge in [-0.05, 0) is 24.5 Å². The number of nitrogens with one attached hydrogen (secondary N) is 1. The van der Waals surface area contributed by atoms with Crippen LogP contribution < -0.4 is 5.32 Å². The molecule has 1 heterocycles. The summed E-state index contributed by atoms with van der Waals surface area (Å²) in [6, 6.07) is 5.00. The van der Waals surface area contributed by atoms with Crippen LogP contribution in [0.4, 0.5) is 10.1 Å². The van der Waals surface area contributed by atoms with Gasteiger partial charge in [-0.15, -0.1) is 0 Å². The third-order valence-corrected chi connectivity index (χ3v) is 3.08. The lowest BCUT2D eigenvalue weighted by atomic mass is 10.1. The predicted octanol–water partition coefficient (Wildman–Crippen LogP) is 4.27. The quantitative estimate of drug-likeness (QED) is 0.897. The molecule has 1 N–H and O–H groups in total. The molecular formula is C14H16ClFN2. The minimum atomic E-state index is -0.430. The van der Waals surface area contributed by atoms with Gasteiger partial charge >= 0.3 is 0 Å². The zero-order valence-corrected chi connectivity index (χ0v) is 11.5. The maximum atomic E-state index is 13.5. The molecule has 0 bridgehead atoms. The average Bonchev–Trinajstić information content (AvgIpc) is 2.29. The average molecular weight is 267 g/mol. The lowest BCUT2D eigenvalue weighted by Crippen LogP contribution is -2.01. The van der Waals surface area contributed by atoms with Gasteiger partial charge in [0, 0.05) is 29.9 Å². The largest absolute Gasteiger partial charge is 0.388 e. The second kappa shape index (κ2) is 5.11. The van der Waals surface area contributed by atoms with Gasteiger partial charge in [-0.2, -0.15) is 0 Å². The number of fused-ring (bicyclic) bond motifs is 1. The van der Waals surface area contributed by atoms with Crippen LogP contribution >= 0.6 is 11.6 Å². The first kappa shape index (κ1) is 13.1. The molecule has 1 aromatic heterocycles. The number of hydrogen-bond acceptors (Lipinski definition) is 2. The van der Waals surface area contributed by atoms with Crippen molar-refractivity contribution in [1.82, 2.24) is 4.98 Å². The number of anilines is 1. The van der Waals surface area contributed by atoms with Crippen LogP contribution in [0.25, 0.3) is 10.9 Å². The van der Waals surface area contributed by atoms with Gasteiger partial charge in [0.2, 0.25) is 0 Å². The Hall–Kier alpha value is -1.35. The van der Waals surface area contributed by atoms with E-state index in [1.807, 2.05) is 13.1 Å². The molecule has 0 radical (unpaired) electrons. The molecular weight excluding hydrogens is 251 g/mol. The molecule has 0 aliphatic rings. The summed E-state index contributed by atoms with van der Waals surface area (Å²) in [4.78, 5) is 4.49. The van der Waals surface area contributed by atoms with Crippen LogP contribution in [0.1, 0.15) is 19.5 Å². The summed E-state index contributed by atoms with van der Waals surface area (Å²) >= 11 is 5.81. The molecule has 0 aliphatic carbocycles. The molecule has 96 valence electrons. The van der Waals surface area contributed by atoms with E-state index in [0.29, 0.717) is 11.4 Å². The number of pyridine rings is 1. The second-order valence-electron chi connectivity index (χ2n) is 4.79. The molecule has 0 unspecified atom stereocenters. The lowest BCUT2D eigenvalue weighted by molar-refractivity contribution is 0.628. The summed E-state index contributed by atoms with van der Waals surface area (Å²) in [6.45, 7) is 4.26. The number of hydrogen-bond donors (Lipinski definition) is 1. The Labute approximate surface area is 111 Å².